The van der Waals surface area contributed by atoms with E-state index in [2.05, 4.69) is 23.4 Å². The molecular weight excluding hydrogens is 364 g/mol. The highest BCUT2D eigenvalue weighted by Gasteiger charge is 2.17. The molecule has 1 N–H and O–H groups in total. The molecule has 1 aromatic heterocycles. The van der Waals surface area contributed by atoms with Gasteiger partial charge in [-0.15, -0.1) is 0 Å². The van der Waals surface area contributed by atoms with Crippen molar-refractivity contribution in [1.29, 1.82) is 0 Å². The maximum absolute atomic E-state index is 12.5. The molecule has 3 rings (SSSR count). The van der Waals surface area contributed by atoms with Crippen molar-refractivity contribution in [2.24, 2.45) is 0 Å². The van der Waals surface area contributed by atoms with Crippen molar-refractivity contribution in [3.63, 3.8) is 0 Å². The summed E-state index contributed by atoms with van der Waals surface area (Å²) in [7, 11) is 0. The Hall–Kier alpha value is -3.62. The summed E-state index contributed by atoms with van der Waals surface area (Å²) in [5.41, 5.74) is 2.39. The van der Waals surface area contributed by atoms with Crippen LogP contribution in [0, 0.1) is 11.8 Å². The molecule has 0 atom stereocenters. The fourth-order valence-corrected chi connectivity index (χ4v) is 3.03. The largest absolute Gasteiger partial charge is 0.348 e. The third kappa shape index (κ3) is 4.81. The predicted molar refractivity (Wildman–Crippen MR) is 115 cm³/mol. The Balaban J connectivity index is 1.88. The second-order valence-corrected chi connectivity index (χ2v) is 6.36. The van der Waals surface area contributed by atoms with Crippen molar-refractivity contribution in [3.05, 3.63) is 110 Å². The minimum Gasteiger partial charge on any atom is -0.348 e. The van der Waals surface area contributed by atoms with Crippen LogP contribution in [-0.4, -0.2) is 16.2 Å². The van der Waals surface area contributed by atoms with Gasteiger partial charge in [-0.25, -0.2) is 4.79 Å². The topological polar surface area (TPSA) is 64.1 Å². The van der Waals surface area contributed by atoms with Crippen molar-refractivity contribution in [2.45, 2.75) is 20.1 Å². The molecule has 1 heterocycles. The number of benzene rings is 2. The highest BCUT2D eigenvalue weighted by atomic mass is 16.5. The average Bonchev–Trinajstić information content (AvgIpc) is 2.75. The molecule has 0 aliphatic heterocycles. The van der Waals surface area contributed by atoms with Gasteiger partial charge in [-0.05, 0) is 29.7 Å². The van der Waals surface area contributed by atoms with Gasteiger partial charge in [-0.1, -0.05) is 73.9 Å². The molecule has 0 spiro atoms. The van der Waals surface area contributed by atoms with Gasteiger partial charge in [0.15, 0.2) is 0 Å². The first-order chi connectivity index (χ1) is 14.1. The lowest BCUT2D eigenvalue weighted by Gasteiger charge is -2.17. The second-order valence-electron chi connectivity index (χ2n) is 6.36. The van der Waals surface area contributed by atoms with E-state index < -0.39 is 11.2 Å². The summed E-state index contributed by atoms with van der Waals surface area (Å²) in [6.07, 6.45) is 0.463. The van der Waals surface area contributed by atoms with Gasteiger partial charge >= 0.3 is 5.69 Å². The first-order valence-electron chi connectivity index (χ1n) is 9.34. The molecule has 29 heavy (non-hydrogen) atoms. The van der Waals surface area contributed by atoms with E-state index in [9.17, 15) is 9.59 Å². The molecule has 0 saturated heterocycles. The zero-order chi connectivity index (χ0) is 20.6. The maximum Gasteiger partial charge on any atom is 0.330 e. The Labute approximate surface area is 169 Å². The lowest BCUT2D eigenvalue weighted by atomic mass is 9.99. The summed E-state index contributed by atoms with van der Waals surface area (Å²) >= 11 is 0. The van der Waals surface area contributed by atoms with Gasteiger partial charge < -0.3 is 4.74 Å². The summed E-state index contributed by atoms with van der Waals surface area (Å²) in [4.78, 5) is 27.2. The van der Waals surface area contributed by atoms with Gasteiger partial charge in [0.25, 0.3) is 5.56 Å². The average molecular weight is 386 g/mol. The molecule has 0 saturated carbocycles. The molecule has 0 bridgehead atoms. The predicted octanol–water partition coefficient (Wildman–Crippen LogP) is 3.19. The van der Waals surface area contributed by atoms with E-state index >= 15 is 0 Å². The van der Waals surface area contributed by atoms with Crippen molar-refractivity contribution in [1.82, 2.24) is 9.55 Å². The first kappa shape index (κ1) is 20.1. The van der Waals surface area contributed by atoms with Crippen molar-refractivity contribution in [2.75, 3.05) is 6.61 Å². The number of hydrogen-bond acceptors (Lipinski definition) is 3. The Bertz CT molecular complexity index is 1160. The highest BCUT2D eigenvalue weighted by molar-refractivity contribution is 5.77. The van der Waals surface area contributed by atoms with Crippen LogP contribution >= 0.6 is 0 Å². The third-order valence-electron chi connectivity index (χ3n) is 4.46. The van der Waals surface area contributed by atoms with Crippen LogP contribution in [-0.2, 0) is 17.9 Å². The molecule has 0 radical (unpaired) electrons. The van der Waals surface area contributed by atoms with E-state index in [1.807, 2.05) is 67.6 Å². The summed E-state index contributed by atoms with van der Waals surface area (Å²) < 4.78 is 7.02. The zero-order valence-electron chi connectivity index (χ0n) is 16.3. The molecule has 146 valence electrons. The van der Waals surface area contributed by atoms with Gasteiger partial charge in [0.1, 0.15) is 13.3 Å². The molecular formula is C24H22N2O3. The van der Waals surface area contributed by atoms with Crippen LogP contribution < -0.4 is 11.2 Å². The first-order valence-corrected chi connectivity index (χ1v) is 9.34. The normalized spacial score (nSPS) is 10.2. The Morgan fingerprint density at radius 2 is 1.72 bits per heavy atom. The maximum atomic E-state index is 12.5. The fourth-order valence-electron chi connectivity index (χ4n) is 3.03. The number of nitrogens with one attached hydrogen (secondary N) is 1. The molecule has 5 heteroatoms. The van der Waals surface area contributed by atoms with Gasteiger partial charge in [0.05, 0.1) is 5.69 Å². The summed E-state index contributed by atoms with van der Waals surface area (Å²) in [6, 6.07) is 19.0. The van der Waals surface area contributed by atoms with E-state index in [1.54, 1.807) is 0 Å². The number of aromatic amines is 1. The van der Waals surface area contributed by atoms with Gasteiger partial charge in [0, 0.05) is 11.1 Å². The number of rotatable bonds is 6. The van der Waals surface area contributed by atoms with E-state index in [4.69, 9.17) is 4.74 Å². The Morgan fingerprint density at radius 3 is 2.38 bits per heavy atom. The van der Waals surface area contributed by atoms with E-state index in [-0.39, 0.29) is 13.3 Å². The quantitative estimate of drug-likeness (QED) is 0.523. The smallest absolute Gasteiger partial charge is 0.330 e. The van der Waals surface area contributed by atoms with Crippen molar-refractivity contribution in [3.8, 4) is 11.8 Å². The Morgan fingerprint density at radius 1 is 1.07 bits per heavy atom. The van der Waals surface area contributed by atoms with E-state index in [1.165, 1.54) is 4.57 Å². The standard InChI is InChI=1S/C24H22N2O3/c1-3-21-22(18(2)20-14-8-5-9-15-20)26(24(28)25-23(21)27)17-29-16-10-13-19-11-6-4-7-12-19/h4-9,11-12,14-15H,2-3,16-17H2,1H3,(H,25,27,28). The van der Waals surface area contributed by atoms with Crippen molar-refractivity contribution >= 4 is 5.57 Å². The number of nitrogens with zero attached hydrogens (tertiary/aromatic N) is 1. The monoisotopic (exact) mass is 386 g/mol. The molecule has 2 aromatic carbocycles. The van der Waals surface area contributed by atoms with Crippen LogP contribution in [0.5, 0.6) is 0 Å². The molecule has 0 amide bonds. The minimum atomic E-state index is -0.532. The van der Waals surface area contributed by atoms with Gasteiger partial charge in [-0.3, -0.25) is 14.3 Å². The summed E-state index contributed by atoms with van der Waals surface area (Å²) in [5, 5.41) is 0. The van der Waals surface area contributed by atoms with E-state index in [0.717, 1.165) is 11.1 Å². The molecule has 0 unspecified atom stereocenters. The van der Waals surface area contributed by atoms with Crippen LogP contribution in [0.1, 0.15) is 29.3 Å². The number of ether oxygens (including phenoxy) is 1. The lowest BCUT2D eigenvalue weighted by Crippen LogP contribution is -2.36. The zero-order valence-corrected chi connectivity index (χ0v) is 16.3. The molecule has 0 aliphatic carbocycles. The van der Waals surface area contributed by atoms with E-state index in [0.29, 0.717) is 23.3 Å². The van der Waals surface area contributed by atoms with Crippen LogP contribution in [0.3, 0.4) is 0 Å². The van der Waals surface area contributed by atoms with Crippen LogP contribution in [0.25, 0.3) is 5.57 Å². The highest BCUT2D eigenvalue weighted by Crippen LogP contribution is 2.22. The van der Waals surface area contributed by atoms with Gasteiger partial charge in [-0.2, -0.15) is 0 Å². The lowest BCUT2D eigenvalue weighted by molar-refractivity contribution is 0.0994. The van der Waals surface area contributed by atoms with Crippen LogP contribution in [0.2, 0.25) is 0 Å². The Kier molecular flexibility index (Phi) is 6.62. The summed E-state index contributed by atoms with van der Waals surface area (Å²) in [5.74, 6) is 5.93. The number of hydrogen-bond donors (Lipinski definition) is 1. The number of aromatic nitrogens is 2. The third-order valence-corrected chi connectivity index (χ3v) is 4.46. The van der Waals surface area contributed by atoms with Crippen LogP contribution in [0.4, 0.5) is 0 Å². The molecule has 5 nitrogen and oxygen atoms in total. The second kappa shape index (κ2) is 9.54. The molecule has 3 aromatic rings. The summed E-state index contributed by atoms with van der Waals surface area (Å²) in [6.45, 7) is 6.12. The van der Waals surface area contributed by atoms with Gasteiger partial charge in [0.2, 0.25) is 0 Å². The SMILES string of the molecule is C=C(c1ccccc1)c1c(CC)c(=O)[nH]c(=O)n1COCC#Cc1ccccc1. The number of H-pyrrole nitrogens is 1. The molecule has 0 aliphatic rings. The van der Waals surface area contributed by atoms with Crippen LogP contribution in [0.15, 0.2) is 76.8 Å². The fraction of sp³-hybridized carbons (Fsp3) is 0.167. The molecule has 0 fully saturated rings. The van der Waals surface area contributed by atoms with Crippen molar-refractivity contribution < 1.29 is 4.74 Å². The minimum absolute atomic E-state index is 0.0345.